The second-order valence-electron chi connectivity index (χ2n) is 3.52. The zero-order chi connectivity index (χ0) is 11.4. The molecule has 1 aromatic carbocycles. The average molecular weight is 213 g/mol. The highest BCUT2D eigenvalue weighted by molar-refractivity contribution is 5.51. The fourth-order valence-corrected chi connectivity index (χ4v) is 1.48. The molecule has 0 saturated carbocycles. The van der Waals surface area contributed by atoms with Gasteiger partial charge in [0.15, 0.2) is 11.6 Å². The van der Waals surface area contributed by atoms with Crippen LogP contribution in [0, 0.1) is 11.6 Å². The first-order chi connectivity index (χ1) is 7.07. The van der Waals surface area contributed by atoms with Crippen molar-refractivity contribution >= 4 is 6.29 Å². The van der Waals surface area contributed by atoms with Gasteiger partial charge in [0.05, 0.1) is 0 Å². The first kappa shape index (κ1) is 11.8. The van der Waals surface area contributed by atoms with Crippen LogP contribution in [0.25, 0.3) is 0 Å². The van der Waals surface area contributed by atoms with Gasteiger partial charge in [0.25, 0.3) is 0 Å². The molecule has 0 saturated heterocycles. The van der Waals surface area contributed by atoms with Crippen molar-refractivity contribution < 1.29 is 13.6 Å². The van der Waals surface area contributed by atoms with Crippen molar-refractivity contribution in [1.82, 2.24) is 4.90 Å². The molecule has 0 radical (unpaired) electrons. The number of hydrogen-bond donors (Lipinski definition) is 0. The van der Waals surface area contributed by atoms with Crippen molar-refractivity contribution in [2.75, 3.05) is 14.1 Å². The monoisotopic (exact) mass is 213 g/mol. The van der Waals surface area contributed by atoms with Crippen LogP contribution in [-0.4, -0.2) is 25.3 Å². The van der Waals surface area contributed by atoms with Crippen LogP contribution in [-0.2, 0) is 4.79 Å². The standard InChI is InChI=1S/C11H13F2NO/c1-14(2)10(6-7-15)8-4-3-5-9(12)11(8)13/h3-5,7,10H,6H2,1-2H3. The molecule has 82 valence electrons. The molecular weight excluding hydrogens is 200 g/mol. The maximum atomic E-state index is 13.4. The van der Waals surface area contributed by atoms with Crippen LogP contribution in [0.5, 0.6) is 0 Å². The summed E-state index contributed by atoms with van der Waals surface area (Å²) in [6, 6.07) is 3.58. The number of nitrogens with zero attached hydrogens (tertiary/aromatic N) is 1. The van der Waals surface area contributed by atoms with E-state index >= 15 is 0 Å². The van der Waals surface area contributed by atoms with E-state index in [1.807, 2.05) is 0 Å². The molecule has 0 aromatic heterocycles. The largest absolute Gasteiger partial charge is 0.303 e. The normalized spacial score (nSPS) is 12.9. The lowest BCUT2D eigenvalue weighted by atomic mass is 10.0. The van der Waals surface area contributed by atoms with Gasteiger partial charge in [0.1, 0.15) is 6.29 Å². The number of halogens is 2. The van der Waals surface area contributed by atoms with Crippen molar-refractivity contribution in [1.29, 1.82) is 0 Å². The summed E-state index contributed by atoms with van der Waals surface area (Å²) in [5, 5.41) is 0. The van der Waals surface area contributed by atoms with Crippen LogP contribution < -0.4 is 0 Å². The van der Waals surface area contributed by atoms with E-state index in [0.717, 1.165) is 6.07 Å². The van der Waals surface area contributed by atoms with E-state index in [2.05, 4.69) is 0 Å². The van der Waals surface area contributed by atoms with Gasteiger partial charge >= 0.3 is 0 Å². The Labute approximate surface area is 87.5 Å². The van der Waals surface area contributed by atoms with E-state index in [9.17, 15) is 13.6 Å². The molecule has 0 fully saturated rings. The summed E-state index contributed by atoms with van der Waals surface area (Å²) < 4.78 is 26.4. The summed E-state index contributed by atoms with van der Waals surface area (Å²) in [6.07, 6.45) is 0.850. The number of benzene rings is 1. The second-order valence-corrected chi connectivity index (χ2v) is 3.52. The fourth-order valence-electron chi connectivity index (χ4n) is 1.48. The molecular formula is C11H13F2NO. The maximum Gasteiger partial charge on any atom is 0.163 e. The lowest BCUT2D eigenvalue weighted by Gasteiger charge is -2.23. The van der Waals surface area contributed by atoms with Gasteiger partial charge in [-0.3, -0.25) is 0 Å². The van der Waals surface area contributed by atoms with E-state index < -0.39 is 17.7 Å². The lowest BCUT2D eigenvalue weighted by molar-refractivity contribution is -0.108. The second kappa shape index (κ2) is 4.98. The van der Waals surface area contributed by atoms with E-state index in [1.165, 1.54) is 12.1 Å². The van der Waals surface area contributed by atoms with Gasteiger partial charge < -0.3 is 9.69 Å². The third-order valence-electron chi connectivity index (χ3n) is 2.28. The molecule has 0 spiro atoms. The summed E-state index contributed by atoms with van der Waals surface area (Å²) in [4.78, 5) is 12.1. The molecule has 0 N–H and O–H groups in total. The minimum absolute atomic E-state index is 0.146. The topological polar surface area (TPSA) is 20.3 Å². The molecule has 1 atom stereocenters. The molecule has 0 aliphatic carbocycles. The molecule has 1 rings (SSSR count). The quantitative estimate of drug-likeness (QED) is 0.714. The first-order valence-corrected chi connectivity index (χ1v) is 4.62. The molecule has 1 unspecified atom stereocenters. The highest BCUT2D eigenvalue weighted by atomic mass is 19.2. The third-order valence-corrected chi connectivity index (χ3v) is 2.28. The predicted octanol–water partition coefficient (Wildman–Crippen LogP) is 2.16. The van der Waals surface area contributed by atoms with Crippen molar-refractivity contribution in [3.8, 4) is 0 Å². The summed E-state index contributed by atoms with van der Waals surface area (Å²) in [5.41, 5.74) is 0.215. The maximum absolute atomic E-state index is 13.4. The Balaban J connectivity index is 3.10. The van der Waals surface area contributed by atoms with Gasteiger partial charge in [-0.2, -0.15) is 0 Å². The van der Waals surface area contributed by atoms with Crippen molar-refractivity contribution in [3.63, 3.8) is 0 Å². The molecule has 4 heteroatoms. The summed E-state index contributed by atoms with van der Waals surface area (Å²) in [5.74, 6) is -1.76. The molecule has 2 nitrogen and oxygen atoms in total. The molecule has 0 amide bonds. The Morgan fingerprint density at radius 1 is 1.40 bits per heavy atom. The Morgan fingerprint density at radius 2 is 2.07 bits per heavy atom. The molecule has 0 aliphatic heterocycles. The van der Waals surface area contributed by atoms with E-state index in [1.54, 1.807) is 19.0 Å². The van der Waals surface area contributed by atoms with E-state index in [4.69, 9.17) is 0 Å². The summed E-state index contributed by atoms with van der Waals surface area (Å²) in [7, 11) is 3.44. The SMILES string of the molecule is CN(C)C(CC=O)c1cccc(F)c1F. The van der Waals surface area contributed by atoms with Crippen molar-refractivity contribution in [3.05, 3.63) is 35.4 Å². The van der Waals surface area contributed by atoms with Gasteiger partial charge in [-0.25, -0.2) is 8.78 Å². The Hall–Kier alpha value is -1.29. The lowest BCUT2D eigenvalue weighted by Crippen LogP contribution is -2.21. The van der Waals surface area contributed by atoms with Crippen LogP contribution in [0.3, 0.4) is 0 Å². The zero-order valence-electron chi connectivity index (χ0n) is 8.71. The summed E-state index contributed by atoms with van der Waals surface area (Å²) >= 11 is 0. The summed E-state index contributed by atoms with van der Waals surface area (Å²) in [6.45, 7) is 0. The minimum Gasteiger partial charge on any atom is -0.303 e. The first-order valence-electron chi connectivity index (χ1n) is 4.62. The molecule has 0 heterocycles. The number of rotatable bonds is 4. The van der Waals surface area contributed by atoms with Gasteiger partial charge in [-0.05, 0) is 20.2 Å². The van der Waals surface area contributed by atoms with Crippen molar-refractivity contribution in [2.24, 2.45) is 0 Å². The van der Waals surface area contributed by atoms with E-state index in [-0.39, 0.29) is 12.0 Å². The van der Waals surface area contributed by atoms with Crippen LogP contribution in [0.1, 0.15) is 18.0 Å². The Kier molecular flexibility index (Phi) is 3.91. The Bertz CT molecular complexity index is 352. The van der Waals surface area contributed by atoms with Crippen LogP contribution in [0.4, 0.5) is 8.78 Å². The fraction of sp³-hybridized carbons (Fsp3) is 0.364. The van der Waals surface area contributed by atoms with Crippen LogP contribution in [0.15, 0.2) is 18.2 Å². The van der Waals surface area contributed by atoms with Crippen LogP contribution in [0.2, 0.25) is 0 Å². The van der Waals surface area contributed by atoms with Crippen LogP contribution >= 0.6 is 0 Å². The van der Waals surface area contributed by atoms with Gasteiger partial charge in [-0.1, -0.05) is 12.1 Å². The molecule has 1 aromatic rings. The van der Waals surface area contributed by atoms with Crippen molar-refractivity contribution in [2.45, 2.75) is 12.5 Å². The van der Waals surface area contributed by atoms with Gasteiger partial charge in [0.2, 0.25) is 0 Å². The predicted molar refractivity (Wildman–Crippen MR) is 53.5 cm³/mol. The minimum atomic E-state index is -0.884. The molecule has 0 aliphatic rings. The molecule has 15 heavy (non-hydrogen) atoms. The number of aldehydes is 1. The van der Waals surface area contributed by atoms with E-state index in [0.29, 0.717) is 6.29 Å². The highest BCUT2D eigenvalue weighted by Crippen LogP contribution is 2.24. The number of carbonyl (C=O) groups is 1. The number of hydrogen-bond acceptors (Lipinski definition) is 2. The zero-order valence-corrected chi connectivity index (χ0v) is 8.71. The van der Waals surface area contributed by atoms with Gasteiger partial charge in [-0.15, -0.1) is 0 Å². The highest BCUT2D eigenvalue weighted by Gasteiger charge is 2.19. The Morgan fingerprint density at radius 3 is 2.60 bits per heavy atom. The van der Waals surface area contributed by atoms with Gasteiger partial charge in [0, 0.05) is 18.0 Å². The molecule has 0 bridgehead atoms. The third kappa shape index (κ3) is 2.59. The average Bonchev–Trinajstić information content (AvgIpc) is 2.19. The number of carbonyl (C=O) groups excluding carboxylic acids is 1. The smallest absolute Gasteiger partial charge is 0.163 e.